The molecule has 1 aromatic heterocycles. The summed E-state index contributed by atoms with van der Waals surface area (Å²) in [6.07, 6.45) is -3.13. The number of halogens is 4. The Balaban J connectivity index is 1.48. The number of likely N-dealkylation sites (tertiary alicyclic amines) is 1. The Hall–Kier alpha value is -2.94. The molecule has 0 aliphatic carbocycles. The fraction of sp³-hybridized carbons (Fsp3) is 0.391. The molecule has 0 unspecified atom stereocenters. The summed E-state index contributed by atoms with van der Waals surface area (Å²) in [6, 6.07) is 9.43. The standard InChI is InChI=1S/C23H23F4N3O2/c24-18-5-6-19-20(11-18)29-21(28-19)9-16-13-30(8-7-15(16)10-22(31)32)12-14-1-3-17(4-2-14)23(25,26)27/h1-6,11,15-16H,7-10,12-13H2,(H,28,29)(H,31,32)/t15-,16-/m0/s1. The van der Waals surface area contributed by atoms with Gasteiger partial charge in [-0.1, -0.05) is 12.1 Å². The number of hydrogen-bond acceptors (Lipinski definition) is 3. The van der Waals surface area contributed by atoms with Crippen molar-refractivity contribution in [3.05, 3.63) is 65.2 Å². The van der Waals surface area contributed by atoms with Crippen molar-refractivity contribution in [1.82, 2.24) is 14.9 Å². The van der Waals surface area contributed by atoms with E-state index in [-0.39, 0.29) is 24.1 Å². The molecule has 0 spiro atoms. The van der Waals surface area contributed by atoms with Gasteiger partial charge in [-0.2, -0.15) is 13.2 Å². The van der Waals surface area contributed by atoms with Gasteiger partial charge in [-0.25, -0.2) is 9.37 Å². The van der Waals surface area contributed by atoms with Gasteiger partial charge in [0.05, 0.1) is 16.6 Å². The van der Waals surface area contributed by atoms with Gasteiger partial charge in [0.25, 0.3) is 0 Å². The van der Waals surface area contributed by atoms with Crippen LogP contribution >= 0.6 is 0 Å². The SMILES string of the molecule is O=C(O)C[C@@H]1CCN(Cc2ccc(C(F)(F)F)cc2)C[C@@H]1Cc1nc2ccc(F)cc2[nH]1. The van der Waals surface area contributed by atoms with Gasteiger partial charge in [-0.05, 0) is 60.7 Å². The highest BCUT2D eigenvalue weighted by Crippen LogP contribution is 2.32. The van der Waals surface area contributed by atoms with Crippen LogP contribution in [0.25, 0.3) is 11.0 Å². The lowest BCUT2D eigenvalue weighted by Gasteiger charge is -2.38. The van der Waals surface area contributed by atoms with E-state index in [0.29, 0.717) is 49.3 Å². The summed E-state index contributed by atoms with van der Waals surface area (Å²) in [4.78, 5) is 21.1. The molecule has 2 N–H and O–H groups in total. The van der Waals surface area contributed by atoms with E-state index >= 15 is 0 Å². The number of aliphatic carboxylic acids is 1. The maximum absolute atomic E-state index is 13.5. The molecule has 0 amide bonds. The van der Waals surface area contributed by atoms with Crippen LogP contribution in [0.2, 0.25) is 0 Å². The predicted octanol–water partition coefficient (Wildman–Crippen LogP) is 4.88. The Morgan fingerprint density at radius 3 is 2.59 bits per heavy atom. The quantitative estimate of drug-likeness (QED) is 0.527. The van der Waals surface area contributed by atoms with Crippen molar-refractivity contribution < 1.29 is 27.5 Å². The highest BCUT2D eigenvalue weighted by atomic mass is 19.4. The van der Waals surface area contributed by atoms with Crippen LogP contribution in [-0.2, 0) is 23.9 Å². The molecule has 2 aromatic carbocycles. The molecule has 2 atom stereocenters. The van der Waals surface area contributed by atoms with E-state index in [1.165, 1.54) is 24.3 Å². The number of imidazole rings is 1. The summed E-state index contributed by atoms with van der Waals surface area (Å²) in [5, 5.41) is 9.32. The van der Waals surface area contributed by atoms with Crippen molar-refractivity contribution in [2.45, 2.75) is 32.0 Å². The van der Waals surface area contributed by atoms with Crippen molar-refractivity contribution >= 4 is 17.0 Å². The van der Waals surface area contributed by atoms with Gasteiger partial charge in [0, 0.05) is 25.9 Å². The Morgan fingerprint density at radius 1 is 1.16 bits per heavy atom. The average molecular weight is 449 g/mol. The summed E-state index contributed by atoms with van der Waals surface area (Å²) in [5.41, 5.74) is 1.33. The maximum atomic E-state index is 13.5. The number of nitrogens with one attached hydrogen (secondary N) is 1. The molecule has 5 nitrogen and oxygen atoms in total. The summed E-state index contributed by atoms with van der Waals surface area (Å²) in [6.45, 7) is 1.75. The molecule has 1 saturated heterocycles. The molecule has 32 heavy (non-hydrogen) atoms. The van der Waals surface area contributed by atoms with Crippen molar-refractivity contribution in [2.75, 3.05) is 13.1 Å². The number of H-pyrrole nitrogens is 1. The third-order valence-corrected chi connectivity index (χ3v) is 6.05. The van der Waals surface area contributed by atoms with E-state index in [1.54, 1.807) is 6.07 Å². The second-order valence-corrected chi connectivity index (χ2v) is 8.39. The van der Waals surface area contributed by atoms with Crippen molar-refractivity contribution in [3.8, 4) is 0 Å². The normalized spacial score (nSPS) is 20.0. The fourth-order valence-electron chi connectivity index (χ4n) is 4.46. The van der Waals surface area contributed by atoms with Crippen molar-refractivity contribution in [1.29, 1.82) is 0 Å². The van der Waals surface area contributed by atoms with Crippen LogP contribution in [0.15, 0.2) is 42.5 Å². The number of carboxylic acid groups (broad SMARTS) is 1. The third kappa shape index (κ3) is 5.27. The number of fused-ring (bicyclic) bond motifs is 1. The number of carboxylic acids is 1. The summed E-state index contributed by atoms with van der Waals surface area (Å²) < 4.78 is 51.9. The minimum atomic E-state index is -4.37. The van der Waals surface area contributed by atoms with Crippen LogP contribution < -0.4 is 0 Å². The highest BCUT2D eigenvalue weighted by Gasteiger charge is 2.32. The van der Waals surface area contributed by atoms with E-state index in [9.17, 15) is 27.5 Å². The lowest BCUT2D eigenvalue weighted by atomic mass is 9.81. The van der Waals surface area contributed by atoms with Gasteiger partial charge in [0.2, 0.25) is 0 Å². The third-order valence-electron chi connectivity index (χ3n) is 6.05. The van der Waals surface area contributed by atoms with Gasteiger partial charge in [0.15, 0.2) is 0 Å². The number of aromatic amines is 1. The number of hydrogen-bond donors (Lipinski definition) is 2. The maximum Gasteiger partial charge on any atom is 0.416 e. The summed E-state index contributed by atoms with van der Waals surface area (Å²) >= 11 is 0. The Bertz CT molecular complexity index is 1090. The van der Waals surface area contributed by atoms with Gasteiger partial charge in [-0.15, -0.1) is 0 Å². The lowest BCUT2D eigenvalue weighted by molar-refractivity contribution is -0.139. The van der Waals surface area contributed by atoms with Crippen LogP contribution in [0.4, 0.5) is 17.6 Å². The minimum absolute atomic E-state index is 0.000271. The molecule has 170 valence electrons. The number of aromatic nitrogens is 2. The zero-order chi connectivity index (χ0) is 22.9. The summed E-state index contributed by atoms with van der Waals surface area (Å²) in [5.74, 6) is -0.594. The first-order valence-corrected chi connectivity index (χ1v) is 10.4. The van der Waals surface area contributed by atoms with E-state index in [1.807, 2.05) is 0 Å². The smallest absolute Gasteiger partial charge is 0.416 e. The van der Waals surface area contributed by atoms with E-state index < -0.39 is 17.7 Å². The second kappa shape index (κ2) is 8.90. The van der Waals surface area contributed by atoms with E-state index in [4.69, 9.17) is 0 Å². The molecule has 0 bridgehead atoms. The molecule has 1 aliphatic rings. The van der Waals surface area contributed by atoms with Gasteiger partial charge in [0.1, 0.15) is 11.6 Å². The van der Waals surface area contributed by atoms with Gasteiger partial charge < -0.3 is 10.1 Å². The molecular formula is C23H23F4N3O2. The zero-order valence-electron chi connectivity index (χ0n) is 17.2. The second-order valence-electron chi connectivity index (χ2n) is 8.39. The van der Waals surface area contributed by atoms with Crippen molar-refractivity contribution in [3.63, 3.8) is 0 Å². The highest BCUT2D eigenvalue weighted by molar-refractivity contribution is 5.74. The first kappa shape index (κ1) is 22.3. The number of rotatable bonds is 6. The molecule has 0 radical (unpaired) electrons. The molecule has 3 aromatic rings. The van der Waals surface area contributed by atoms with E-state index in [2.05, 4.69) is 14.9 Å². The van der Waals surface area contributed by atoms with Crippen LogP contribution in [0.1, 0.15) is 29.8 Å². The minimum Gasteiger partial charge on any atom is -0.481 e. The molecule has 1 aliphatic heterocycles. The number of benzene rings is 2. The van der Waals surface area contributed by atoms with Crippen molar-refractivity contribution in [2.24, 2.45) is 11.8 Å². The first-order chi connectivity index (χ1) is 15.2. The molecule has 9 heteroatoms. The Kier molecular flexibility index (Phi) is 6.19. The topological polar surface area (TPSA) is 69.2 Å². The van der Waals surface area contributed by atoms with Crippen LogP contribution in [0, 0.1) is 17.7 Å². The zero-order valence-corrected chi connectivity index (χ0v) is 17.2. The molecule has 2 heterocycles. The van der Waals surface area contributed by atoms with Crippen LogP contribution in [0.3, 0.4) is 0 Å². The lowest BCUT2D eigenvalue weighted by Crippen LogP contribution is -2.41. The van der Waals surface area contributed by atoms with E-state index in [0.717, 1.165) is 17.7 Å². The number of piperidine rings is 1. The predicted molar refractivity (Wildman–Crippen MR) is 110 cm³/mol. The number of nitrogens with zero attached hydrogens (tertiary/aromatic N) is 2. The molecular weight excluding hydrogens is 426 g/mol. The Labute approximate surface area is 182 Å². The molecule has 4 rings (SSSR count). The van der Waals surface area contributed by atoms with Crippen LogP contribution in [0.5, 0.6) is 0 Å². The molecule has 1 fully saturated rings. The van der Waals surface area contributed by atoms with Crippen LogP contribution in [-0.4, -0.2) is 39.0 Å². The van der Waals surface area contributed by atoms with Gasteiger partial charge >= 0.3 is 12.1 Å². The summed E-state index contributed by atoms with van der Waals surface area (Å²) in [7, 11) is 0. The fourth-order valence-corrected chi connectivity index (χ4v) is 4.46. The Morgan fingerprint density at radius 2 is 1.91 bits per heavy atom. The first-order valence-electron chi connectivity index (χ1n) is 10.4. The largest absolute Gasteiger partial charge is 0.481 e. The monoisotopic (exact) mass is 449 g/mol. The average Bonchev–Trinajstić information content (AvgIpc) is 3.10. The number of alkyl halides is 3. The molecule has 0 saturated carbocycles. The number of carbonyl (C=O) groups is 1. The van der Waals surface area contributed by atoms with Gasteiger partial charge in [-0.3, -0.25) is 9.69 Å².